The fourth-order valence-electron chi connectivity index (χ4n) is 2.11. The van der Waals surface area contributed by atoms with Crippen molar-refractivity contribution in [2.75, 3.05) is 0 Å². The number of fused-ring (bicyclic) bond motifs is 1. The number of benzene rings is 1. The molecule has 0 spiro atoms. The Labute approximate surface area is 117 Å². The van der Waals surface area contributed by atoms with Crippen molar-refractivity contribution in [3.05, 3.63) is 45.6 Å². The van der Waals surface area contributed by atoms with Gasteiger partial charge in [0, 0.05) is 12.1 Å². The van der Waals surface area contributed by atoms with E-state index in [1.54, 1.807) is 11.3 Å². The number of nitrogens with one attached hydrogen (secondary N) is 1. The summed E-state index contributed by atoms with van der Waals surface area (Å²) in [4.78, 5) is 7.62. The Kier molecular flexibility index (Phi) is 3.14. The lowest BCUT2D eigenvalue weighted by Crippen LogP contribution is -1.98. The van der Waals surface area contributed by atoms with Crippen LogP contribution in [-0.2, 0) is 6.42 Å². The van der Waals surface area contributed by atoms with E-state index < -0.39 is 0 Å². The molecule has 0 aliphatic carbocycles. The first-order valence-corrected chi connectivity index (χ1v) is 7.44. The molecule has 92 valence electrons. The van der Waals surface area contributed by atoms with Gasteiger partial charge in [-0.3, -0.25) is 0 Å². The zero-order valence-electron chi connectivity index (χ0n) is 9.83. The van der Waals surface area contributed by atoms with Gasteiger partial charge in [-0.2, -0.15) is 0 Å². The first-order chi connectivity index (χ1) is 8.66. The molecule has 1 N–H and O–H groups in total. The Hall–Kier alpha value is -0.890. The molecule has 1 atom stereocenters. The highest BCUT2D eigenvalue weighted by Gasteiger charge is 2.13. The molecule has 0 radical (unpaired) electrons. The summed E-state index contributed by atoms with van der Waals surface area (Å²) in [5, 5.41) is 1.88. The van der Waals surface area contributed by atoms with Crippen molar-refractivity contribution in [1.82, 2.24) is 9.97 Å². The number of aryl methyl sites for hydroxylation is 1. The number of hydrogen-bond donors (Lipinski definition) is 1. The largest absolute Gasteiger partial charge is 0.343 e. The van der Waals surface area contributed by atoms with Crippen molar-refractivity contribution in [2.45, 2.75) is 13.3 Å². The van der Waals surface area contributed by atoms with Gasteiger partial charge in [0.25, 0.3) is 0 Å². The monoisotopic (exact) mass is 294 g/mol. The van der Waals surface area contributed by atoms with Gasteiger partial charge in [-0.1, -0.05) is 29.8 Å². The molecule has 0 aliphatic heterocycles. The zero-order chi connectivity index (χ0) is 12.7. The molecule has 3 aromatic rings. The van der Waals surface area contributed by atoms with Crippen molar-refractivity contribution >= 4 is 47.8 Å². The van der Waals surface area contributed by atoms with Crippen LogP contribution in [0.4, 0.5) is 0 Å². The normalized spacial score (nSPS) is 11.3. The summed E-state index contributed by atoms with van der Waals surface area (Å²) in [5.74, 6) is 0. The molecule has 2 aromatic heterocycles. The van der Waals surface area contributed by atoms with Crippen molar-refractivity contribution < 1.29 is 0 Å². The summed E-state index contributed by atoms with van der Waals surface area (Å²) in [6, 6.07) is 6.12. The van der Waals surface area contributed by atoms with Gasteiger partial charge < -0.3 is 4.98 Å². The predicted octanol–water partition coefficient (Wildman–Crippen LogP) is 3.68. The van der Waals surface area contributed by atoms with Crippen molar-refractivity contribution in [1.29, 1.82) is 0 Å². The van der Waals surface area contributed by atoms with Crippen LogP contribution >= 0.6 is 32.2 Å². The summed E-state index contributed by atoms with van der Waals surface area (Å²) in [6.07, 6.45) is 0.842. The zero-order valence-corrected chi connectivity index (χ0v) is 12.6. The maximum atomic E-state index is 6.34. The molecule has 0 aliphatic rings. The third-order valence-corrected chi connectivity index (χ3v) is 5.09. The maximum absolute atomic E-state index is 6.34. The number of rotatable bonds is 2. The van der Waals surface area contributed by atoms with Crippen LogP contribution in [0, 0.1) is 6.92 Å². The highest BCUT2D eigenvalue weighted by atomic mass is 35.5. The Morgan fingerprint density at radius 1 is 1.44 bits per heavy atom. The average Bonchev–Trinajstić information content (AvgIpc) is 2.88. The smallest absolute Gasteiger partial charge is 0.148 e. The van der Waals surface area contributed by atoms with Gasteiger partial charge >= 0.3 is 0 Å². The molecule has 1 aromatic carbocycles. The van der Waals surface area contributed by atoms with Crippen molar-refractivity contribution in [2.24, 2.45) is 0 Å². The van der Waals surface area contributed by atoms with Crippen molar-refractivity contribution in [3.8, 4) is 0 Å². The van der Waals surface area contributed by atoms with E-state index in [1.807, 2.05) is 17.6 Å². The Morgan fingerprint density at radius 2 is 2.28 bits per heavy atom. The molecule has 18 heavy (non-hydrogen) atoms. The number of aromatic nitrogens is 2. The van der Waals surface area contributed by atoms with Crippen LogP contribution in [0.15, 0.2) is 23.7 Å². The Bertz CT molecular complexity index is 717. The van der Waals surface area contributed by atoms with E-state index >= 15 is 0 Å². The second kappa shape index (κ2) is 4.65. The first-order valence-electron chi connectivity index (χ1n) is 5.60. The summed E-state index contributed by atoms with van der Waals surface area (Å²) in [7, 11) is 2.67. The molecule has 1 unspecified atom stereocenters. The molecule has 2 nitrogen and oxygen atoms in total. The van der Waals surface area contributed by atoms with E-state index in [2.05, 4.69) is 32.2 Å². The minimum absolute atomic E-state index is 0.834. The highest BCUT2D eigenvalue weighted by Crippen LogP contribution is 2.29. The van der Waals surface area contributed by atoms with Crippen molar-refractivity contribution in [3.63, 3.8) is 0 Å². The number of halogens is 1. The second-order valence-electron chi connectivity index (χ2n) is 4.26. The number of H-pyrrole nitrogens is 1. The van der Waals surface area contributed by atoms with Crippen LogP contribution in [0.3, 0.4) is 0 Å². The van der Waals surface area contributed by atoms with Crippen LogP contribution in [-0.4, -0.2) is 9.97 Å². The third-order valence-electron chi connectivity index (χ3n) is 3.08. The minimum atomic E-state index is 0.834. The number of nitrogens with zero attached hydrogens (tertiary/aromatic N) is 1. The van der Waals surface area contributed by atoms with Crippen LogP contribution < -0.4 is 5.30 Å². The summed E-state index contributed by atoms with van der Waals surface area (Å²) in [5.41, 5.74) is 6.48. The third kappa shape index (κ3) is 1.97. The van der Waals surface area contributed by atoms with Gasteiger partial charge in [0.1, 0.15) is 5.65 Å². The maximum Gasteiger partial charge on any atom is 0.148 e. The fraction of sp³-hybridized carbons (Fsp3) is 0.154. The number of aromatic amines is 1. The minimum Gasteiger partial charge on any atom is -0.343 e. The average molecular weight is 295 g/mol. The molecule has 0 fully saturated rings. The second-order valence-corrected chi connectivity index (χ2v) is 6.11. The van der Waals surface area contributed by atoms with Crippen LogP contribution in [0.25, 0.3) is 10.3 Å². The lowest BCUT2D eigenvalue weighted by atomic mass is 10.1. The van der Waals surface area contributed by atoms with Gasteiger partial charge in [0.05, 0.1) is 15.2 Å². The highest BCUT2D eigenvalue weighted by molar-refractivity contribution is 7.28. The van der Waals surface area contributed by atoms with Gasteiger partial charge in [-0.05, 0) is 23.4 Å². The van der Waals surface area contributed by atoms with Gasteiger partial charge in [0.15, 0.2) is 0 Å². The molecule has 0 bridgehead atoms. The van der Waals surface area contributed by atoms with Gasteiger partial charge in [-0.15, -0.1) is 20.6 Å². The van der Waals surface area contributed by atoms with Gasteiger partial charge in [-0.25, -0.2) is 4.98 Å². The fourth-order valence-corrected chi connectivity index (χ4v) is 3.45. The molecule has 0 amide bonds. The predicted molar refractivity (Wildman–Crippen MR) is 82.3 cm³/mol. The van der Waals surface area contributed by atoms with Crippen LogP contribution in [0.2, 0.25) is 5.02 Å². The SMILES string of the molecule is Cc1[nH]c2ncsc2c1Cc1cccc(P)c1Cl. The lowest BCUT2D eigenvalue weighted by Gasteiger charge is -2.06. The quantitative estimate of drug-likeness (QED) is 0.718. The molecule has 2 heterocycles. The molecule has 5 heteroatoms. The number of thiazole rings is 1. The van der Waals surface area contributed by atoms with Crippen LogP contribution in [0.5, 0.6) is 0 Å². The Balaban J connectivity index is 2.08. The first kappa shape index (κ1) is 12.2. The van der Waals surface area contributed by atoms with E-state index in [0.717, 1.165) is 28.0 Å². The van der Waals surface area contributed by atoms with Crippen LogP contribution in [0.1, 0.15) is 16.8 Å². The standard InChI is InChI=1S/C13H12ClN2PS/c1-7-9(12-13(16-7)15-6-18-12)5-8-3-2-4-10(17)11(8)14/h2-4,6,16H,5,17H2,1H3. The molecule has 0 saturated carbocycles. The molecule has 0 saturated heterocycles. The van der Waals surface area contributed by atoms with Gasteiger partial charge in [0.2, 0.25) is 0 Å². The summed E-state index contributed by atoms with van der Waals surface area (Å²) in [6.45, 7) is 2.09. The van der Waals surface area contributed by atoms with E-state index in [9.17, 15) is 0 Å². The van der Waals surface area contributed by atoms with E-state index in [4.69, 9.17) is 11.6 Å². The molecular weight excluding hydrogens is 283 g/mol. The topological polar surface area (TPSA) is 28.7 Å². The van der Waals surface area contributed by atoms with E-state index in [1.165, 1.54) is 16.0 Å². The summed E-state index contributed by atoms with van der Waals surface area (Å²) < 4.78 is 1.23. The molecular formula is C13H12ClN2PS. The van der Waals surface area contributed by atoms with E-state index in [0.29, 0.717) is 0 Å². The van der Waals surface area contributed by atoms with E-state index in [-0.39, 0.29) is 0 Å². The lowest BCUT2D eigenvalue weighted by molar-refractivity contribution is 1.15. The number of hydrogen-bond acceptors (Lipinski definition) is 2. The summed E-state index contributed by atoms with van der Waals surface area (Å²) >= 11 is 8.02. The molecule has 3 rings (SSSR count). The Morgan fingerprint density at radius 3 is 3.11 bits per heavy atom.